The van der Waals surface area contributed by atoms with Gasteiger partial charge in [0, 0.05) is 17.3 Å². The fourth-order valence-electron chi connectivity index (χ4n) is 2.35. The van der Waals surface area contributed by atoms with Gasteiger partial charge in [0.15, 0.2) is 11.7 Å². The van der Waals surface area contributed by atoms with Crippen molar-refractivity contribution in [1.29, 1.82) is 0 Å². The van der Waals surface area contributed by atoms with E-state index in [-0.39, 0.29) is 11.3 Å². The normalized spacial score (nSPS) is 10.6. The van der Waals surface area contributed by atoms with Crippen LogP contribution in [0, 0.1) is 6.26 Å². The molecule has 0 aliphatic heterocycles. The lowest BCUT2D eigenvalue weighted by molar-refractivity contribution is 0.102. The standard InChI is InChI=1S/C20H18NO4/c1-2-3-11-24-16-7-4-14(5-8-16)20(23)21-15-6-9-19-17(13-15)18(22)10-12-25-19/h4-10,13H,2-3,11H2,1H3,(H,21,23). The molecule has 5 nitrogen and oxygen atoms in total. The fourth-order valence-corrected chi connectivity index (χ4v) is 2.35. The maximum absolute atomic E-state index is 12.3. The Morgan fingerprint density at radius 1 is 1.20 bits per heavy atom. The predicted octanol–water partition coefficient (Wildman–Crippen LogP) is 4.02. The first-order valence-electron chi connectivity index (χ1n) is 8.15. The number of anilines is 1. The van der Waals surface area contributed by atoms with Crippen LogP contribution in [0.5, 0.6) is 5.75 Å². The second kappa shape index (κ2) is 7.66. The number of carbonyl (C=O) groups excluding carboxylic acids is 1. The first-order chi connectivity index (χ1) is 12.2. The molecular weight excluding hydrogens is 318 g/mol. The number of benzene rings is 2. The van der Waals surface area contributed by atoms with E-state index >= 15 is 0 Å². The van der Waals surface area contributed by atoms with E-state index in [1.165, 1.54) is 6.07 Å². The summed E-state index contributed by atoms with van der Waals surface area (Å²) in [6.07, 6.45) is 4.49. The number of hydrogen-bond acceptors (Lipinski definition) is 4. The number of amides is 1. The summed E-state index contributed by atoms with van der Waals surface area (Å²) in [7, 11) is 0. The Balaban J connectivity index is 1.71. The number of rotatable bonds is 6. The van der Waals surface area contributed by atoms with Crippen LogP contribution in [0.4, 0.5) is 5.69 Å². The molecule has 0 saturated heterocycles. The quantitative estimate of drug-likeness (QED) is 0.690. The van der Waals surface area contributed by atoms with Gasteiger partial charge in [-0.25, -0.2) is 0 Å². The molecule has 0 aliphatic rings. The van der Waals surface area contributed by atoms with Crippen LogP contribution in [0.1, 0.15) is 30.1 Å². The zero-order valence-corrected chi connectivity index (χ0v) is 13.9. The van der Waals surface area contributed by atoms with Gasteiger partial charge < -0.3 is 14.5 Å². The molecule has 3 aromatic rings. The van der Waals surface area contributed by atoms with Crippen LogP contribution >= 0.6 is 0 Å². The molecule has 5 heteroatoms. The smallest absolute Gasteiger partial charge is 0.255 e. The molecule has 3 rings (SSSR count). The van der Waals surface area contributed by atoms with E-state index in [0.29, 0.717) is 28.8 Å². The zero-order valence-electron chi connectivity index (χ0n) is 13.9. The van der Waals surface area contributed by atoms with E-state index in [2.05, 4.69) is 18.5 Å². The number of fused-ring (bicyclic) bond motifs is 1. The minimum Gasteiger partial charge on any atom is -0.494 e. The molecule has 0 bridgehead atoms. The highest BCUT2D eigenvalue weighted by Crippen LogP contribution is 2.18. The average Bonchev–Trinajstić information content (AvgIpc) is 2.63. The van der Waals surface area contributed by atoms with Gasteiger partial charge in [-0.15, -0.1) is 0 Å². The largest absolute Gasteiger partial charge is 0.494 e. The molecule has 0 fully saturated rings. The molecule has 1 radical (unpaired) electrons. The van der Waals surface area contributed by atoms with Crippen LogP contribution in [-0.2, 0) is 0 Å². The molecule has 1 aromatic heterocycles. The topological polar surface area (TPSA) is 68.5 Å². The van der Waals surface area contributed by atoms with Crippen LogP contribution < -0.4 is 15.5 Å². The average molecular weight is 336 g/mol. The Morgan fingerprint density at radius 3 is 2.76 bits per heavy atom. The zero-order chi connectivity index (χ0) is 17.6. The number of hydrogen-bond donors (Lipinski definition) is 1. The van der Waals surface area contributed by atoms with Crippen LogP contribution in [0.25, 0.3) is 11.0 Å². The van der Waals surface area contributed by atoms with Crippen molar-refractivity contribution in [3.8, 4) is 5.75 Å². The maximum Gasteiger partial charge on any atom is 0.255 e. The highest BCUT2D eigenvalue weighted by Gasteiger charge is 2.08. The molecule has 1 heterocycles. The van der Waals surface area contributed by atoms with Crippen LogP contribution in [-0.4, -0.2) is 12.5 Å². The van der Waals surface area contributed by atoms with Gasteiger partial charge >= 0.3 is 0 Å². The van der Waals surface area contributed by atoms with Gasteiger partial charge in [-0.05, 0) is 48.9 Å². The Bertz CT molecular complexity index is 928. The van der Waals surface area contributed by atoms with Gasteiger partial charge in [-0.3, -0.25) is 9.59 Å². The predicted molar refractivity (Wildman–Crippen MR) is 96.1 cm³/mol. The summed E-state index contributed by atoms with van der Waals surface area (Å²) < 4.78 is 10.7. The summed E-state index contributed by atoms with van der Waals surface area (Å²) >= 11 is 0. The summed E-state index contributed by atoms with van der Waals surface area (Å²) in [6.45, 7) is 2.77. The van der Waals surface area contributed by atoms with Gasteiger partial charge in [-0.2, -0.15) is 0 Å². The van der Waals surface area contributed by atoms with Gasteiger partial charge in [0.2, 0.25) is 0 Å². The highest BCUT2D eigenvalue weighted by atomic mass is 16.5. The lowest BCUT2D eigenvalue weighted by Crippen LogP contribution is -2.12. The third kappa shape index (κ3) is 4.07. The molecule has 0 aliphatic carbocycles. The fraction of sp³-hybridized carbons (Fsp3) is 0.200. The lowest BCUT2D eigenvalue weighted by atomic mass is 10.1. The Labute approximate surface area is 145 Å². The van der Waals surface area contributed by atoms with Gasteiger partial charge in [0.05, 0.1) is 12.0 Å². The number of ether oxygens (including phenoxy) is 1. The second-order valence-corrected chi connectivity index (χ2v) is 5.62. The number of carbonyl (C=O) groups is 1. The van der Waals surface area contributed by atoms with Gasteiger partial charge in [0.1, 0.15) is 11.3 Å². The van der Waals surface area contributed by atoms with Crippen molar-refractivity contribution in [1.82, 2.24) is 0 Å². The van der Waals surface area contributed by atoms with E-state index in [9.17, 15) is 9.59 Å². The summed E-state index contributed by atoms with van der Waals surface area (Å²) in [6, 6.07) is 13.1. The molecule has 2 aromatic carbocycles. The Kier molecular flexibility index (Phi) is 5.14. The molecular formula is C20H18NO4. The van der Waals surface area contributed by atoms with E-state index in [4.69, 9.17) is 9.15 Å². The first-order valence-corrected chi connectivity index (χ1v) is 8.15. The van der Waals surface area contributed by atoms with Gasteiger partial charge in [-0.1, -0.05) is 13.3 Å². The summed E-state index contributed by atoms with van der Waals surface area (Å²) in [4.78, 5) is 24.2. The monoisotopic (exact) mass is 336 g/mol. The summed E-state index contributed by atoms with van der Waals surface area (Å²) in [5, 5.41) is 3.18. The van der Waals surface area contributed by atoms with Crippen LogP contribution in [0.2, 0.25) is 0 Å². The highest BCUT2D eigenvalue weighted by molar-refractivity contribution is 6.05. The third-order valence-corrected chi connectivity index (χ3v) is 3.74. The van der Waals surface area contributed by atoms with Crippen molar-refractivity contribution in [2.75, 3.05) is 11.9 Å². The summed E-state index contributed by atoms with van der Waals surface area (Å²) in [5.74, 6) is 0.482. The van der Waals surface area contributed by atoms with Crippen LogP contribution in [0.15, 0.2) is 57.7 Å². The van der Waals surface area contributed by atoms with E-state index < -0.39 is 0 Å². The minimum absolute atomic E-state index is 0.203. The molecule has 127 valence electrons. The number of nitrogens with one attached hydrogen (secondary N) is 1. The summed E-state index contributed by atoms with van der Waals surface area (Å²) in [5.41, 5.74) is 1.26. The molecule has 25 heavy (non-hydrogen) atoms. The third-order valence-electron chi connectivity index (χ3n) is 3.74. The molecule has 0 spiro atoms. The van der Waals surface area contributed by atoms with Gasteiger partial charge in [0.25, 0.3) is 5.91 Å². The molecule has 0 atom stereocenters. The maximum atomic E-state index is 12.3. The Morgan fingerprint density at radius 2 is 2.00 bits per heavy atom. The van der Waals surface area contributed by atoms with Crippen LogP contribution in [0.3, 0.4) is 0 Å². The molecule has 0 unspecified atom stereocenters. The van der Waals surface area contributed by atoms with E-state index in [0.717, 1.165) is 18.6 Å². The molecule has 1 amide bonds. The van der Waals surface area contributed by atoms with Crippen molar-refractivity contribution in [3.05, 3.63) is 70.6 Å². The molecule has 1 N–H and O–H groups in total. The van der Waals surface area contributed by atoms with Crippen molar-refractivity contribution in [2.24, 2.45) is 0 Å². The molecule has 0 saturated carbocycles. The Hall–Kier alpha value is -3.08. The van der Waals surface area contributed by atoms with Crippen molar-refractivity contribution < 1.29 is 13.9 Å². The SMILES string of the molecule is CCCCOc1ccc(C(=O)Nc2ccc3o[c]cc(=O)c3c2)cc1. The minimum atomic E-state index is -0.258. The van der Waals surface area contributed by atoms with E-state index in [1.54, 1.807) is 42.5 Å². The number of unbranched alkanes of at least 4 members (excludes halogenated alkanes) is 1. The van der Waals surface area contributed by atoms with Crippen molar-refractivity contribution in [2.45, 2.75) is 19.8 Å². The van der Waals surface area contributed by atoms with Crippen molar-refractivity contribution >= 4 is 22.6 Å². The second-order valence-electron chi connectivity index (χ2n) is 5.62. The lowest BCUT2D eigenvalue weighted by Gasteiger charge is -2.08. The van der Waals surface area contributed by atoms with E-state index in [1.807, 2.05) is 0 Å². The first kappa shape index (κ1) is 16.8. The van der Waals surface area contributed by atoms with Crippen molar-refractivity contribution in [3.63, 3.8) is 0 Å².